The van der Waals surface area contributed by atoms with Gasteiger partial charge in [0.15, 0.2) is 0 Å². The Bertz CT molecular complexity index is 352. The minimum Gasteiger partial charge on any atom is -0.391 e. The first-order chi connectivity index (χ1) is 9.39. The third-order valence-corrected chi connectivity index (χ3v) is 5.60. The Balaban J connectivity index is 2.03. The molecule has 2 rings (SSSR count). The molecule has 1 saturated carbocycles. The Morgan fingerprint density at radius 2 is 1.70 bits per heavy atom. The molecule has 3 heteroatoms. The fourth-order valence-electron chi connectivity index (χ4n) is 3.96. The number of hydrogen-bond donors (Lipinski definition) is 1. The first-order valence-electron chi connectivity index (χ1n) is 8.06. The molecular weight excluding hydrogens is 250 g/mol. The van der Waals surface area contributed by atoms with Crippen LogP contribution in [0.3, 0.4) is 0 Å². The molecule has 1 aliphatic carbocycles. The fraction of sp³-hybridized carbons (Fsp3) is 0.941. The first kappa shape index (κ1) is 15.8. The highest BCUT2D eigenvalue weighted by Crippen LogP contribution is 2.48. The summed E-state index contributed by atoms with van der Waals surface area (Å²) in [5.74, 6) is 0.917. The molecule has 3 nitrogen and oxygen atoms in total. The van der Waals surface area contributed by atoms with Crippen LogP contribution in [-0.2, 0) is 4.74 Å². The maximum Gasteiger partial charge on any atom is 0.0835 e. The zero-order chi connectivity index (χ0) is 14.8. The van der Waals surface area contributed by atoms with E-state index < -0.39 is 11.5 Å². The van der Waals surface area contributed by atoms with E-state index >= 15 is 0 Å². The van der Waals surface area contributed by atoms with Gasteiger partial charge in [-0.2, -0.15) is 5.26 Å². The van der Waals surface area contributed by atoms with Gasteiger partial charge in [-0.15, -0.1) is 0 Å². The van der Waals surface area contributed by atoms with Crippen molar-refractivity contribution in [3.05, 3.63) is 0 Å². The van der Waals surface area contributed by atoms with Crippen molar-refractivity contribution in [3.63, 3.8) is 0 Å². The van der Waals surface area contributed by atoms with Crippen molar-refractivity contribution in [2.45, 2.75) is 65.4 Å². The summed E-state index contributed by atoms with van der Waals surface area (Å²) in [7, 11) is 0. The standard InChI is InChI=1S/C17H29NO2/c1-16(2,3)14-4-8-17(12-18,9-5-14)15(19)13-6-10-20-11-7-13/h13-15,19H,4-11H2,1-3H3. The summed E-state index contributed by atoms with van der Waals surface area (Å²) in [4.78, 5) is 0. The molecule has 2 fully saturated rings. The largest absolute Gasteiger partial charge is 0.391 e. The molecular formula is C17H29NO2. The normalized spacial score (nSPS) is 34.5. The Morgan fingerprint density at radius 1 is 1.15 bits per heavy atom. The van der Waals surface area contributed by atoms with Crippen molar-refractivity contribution in [1.29, 1.82) is 5.26 Å². The fourth-order valence-corrected chi connectivity index (χ4v) is 3.96. The molecule has 1 unspecified atom stereocenters. The summed E-state index contributed by atoms with van der Waals surface area (Å²) in [6, 6.07) is 2.50. The van der Waals surface area contributed by atoms with Gasteiger partial charge >= 0.3 is 0 Å². The molecule has 1 saturated heterocycles. The van der Waals surface area contributed by atoms with Gasteiger partial charge in [-0.05, 0) is 55.8 Å². The second-order valence-corrected chi connectivity index (χ2v) is 7.80. The van der Waals surface area contributed by atoms with E-state index in [1.54, 1.807) is 0 Å². The molecule has 0 bridgehead atoms. The van der Waals surface area contributed by atoms with Gasteiger partial charge in [0.05, 0.1) is 17.6 Å². The van der Waals surface area contributed by atoms with Gasteiger partial charge in [0.2, 0.25) is 0 Å². The second-order valence-electron chi connectivity index (χ2n) is 7.80. The zero-order valence-corrected chi connectivity index (χ0v) is 13.2. The van der Waals surface area contributed by atoms with Crippen LogP contribution in [0.15, 0.2) is 0 Å². The monoisotopic (exact) mass is 279 g/mol. The average Bonchev–Trinajstić information content (AvgIpc) is 2.46. The topological polar surface area (TPSA) is 53.2 Å². The summed E-state index contributed by atoms with van der Waals surface area (Å²) < 4.78 is 5.37. The Hall–Kier alpha value is -0.590. The van der Waals surface area contributed by atoms with Crippen molar-refractivity contribution in [2.75, 3.05) is 13.2 Å². The van der Waals surface area contributed by atoms with E-state index in [2.05, 4.69) is 26.8 Å². The number of aliphatic hydroxyl groups excluding tert-OH is 1. The SMILES string of the molecule is CC(C)(C)C1CCC(C#N)(C(O)C2CCOCC2)CC1. The molecule has 114 valence electrons. The van der Waals surface area contributed by atoms with Crippen molar-refractivity contribution < 1.29 is 9.84 Å². The molecule has 0 radical (unpaired) electrons. The molecule has 1 atom stereocenters. The van der Waals surface area contributed by atoms with Crippen LogP contribution in [0.1, 0.15) is 59.3 Å². The van der Waals surface area contributed by atoms with Gasteiger partial charge in [-0.25, -0.2) is 0 Å². The van der Waals surface area contributed by atoms with Crippen LogP contribution >= 0.6 is 0 Å². The number of nitriles is 1. The summed E-state index contributed by atoms with van der Waals surface area (Å²) in [6.07, 6.45) is 5.15. The summed E-state index contributed by atoms with van der Waals surface area (Å²) >= 11 is 0. The smallest absolute Gasteiger partial charge is 0.0835 e. The lowest BCUT2D eigenvalue weighted by molar-refractivity contribution is -0.0594. The van der Waals surface area contributed by atoms with E-state index in [0.717, 1.165) is 51.7 Å². The highest BCUT2D eigenvalue weighted by Gasteiger charge is 2.46. The van der Waals surface area contributed by atoms with E-state index in [9.17, 15) is 10.4 Å². The molecule has 0 spiro atoms. The molecule has 1 heterocycles. The van der Waals surface area contributed by atoms with E-state index in [1.807, 2.05) is 0 Å². The van der Waals surface area contributed by atoms with Gasteiger partial charge in [0, 0.05) is 13.2 Å². The van der Waals surface area contributed by atoms with Crippen LogP contribution in [-0.4, -0.2) is 24.4 Å². The van der Waals surface area contributed by atoms with Crippen molar-refractivity contribution >= 4 is 0 Å². The Labute approximate surface area is 123 Å². The van der Waals surface area contributed by atoms with Crippen molar-refractivity contribution in [1.82, 2.24) is 0 Å². The highest BCUT2D eigenvalue weighted by molar-refractivity contribution is 5.08. The third-order valence-electron chi connectivity index (χ3n) is 5.60. The lowest BCUT2D eigenvalue weighted by Gasteiger charge is -2.45. The lowest BCUT2D eigenvalue weighted by Crippen LogP contribution is -2.45. The summed E-state index contributed by atoms with van der Waals surface area (Å²) in [6.45, 7) is 8.31. The molecule has 1 N–H and O–H groups in total. The number of nitrogens with zero attached hydrogens (tertiary/aromatic N) is 1. The molecule has 1 aliphatic heterocycles. The maximum atomic E-state index is 10.8. The van der Waals surface area contributed by atoms with E-state index in [1.165, 1.54) is 0 Å². The molecule has 20 heavy (non-hydrogen) atoms. The molecule has 0 aromatic rings. The lowest BCUT2D eigenvalue weighted by atomic mass is 9.60. The molecule has 2 aliphatic rings. The zero-order valence-electron chi connectivity index (χ0n) is 13.2. The van der Waals surface area contributed by atoms with Gasteiger partial charge in [0.1, 0.15) is 0 Å². The number of aliphatic hydroxyl groups is 1. The minimum atomic E-state index is -0.510. The highest BCUT2D eigenvalue weighted by atomic mass is 16.5. The van der Waals surface area contributed by atoms with Gasteiger partial charge in [0.25, 0.3) is 0 Å². The number of rotatable bonds is 2. The van der Waals surface area contributed by atoms with Crippen molar-refractivity contribution in [3.8, 4) is 6.07 Å². The Kier molecular flexibility index (Phi) is 4.76. The molecule has 0 amide bonds. The number of ether oxygens (including phenoxy) is 1. The second kappa shape index (κ2) is 6.03. The van der Waals surface area contributed by atoms with Gasteiger partial charge in [-0.1, -0.05) is 20.8 Å². The predicted molar refractivity (Wildman–Crippen MR) is 79.0 cm³/mol. The maximum absolute atomic E-state index is 10.8. The van der Waals surface area contributed by atoms with Crippen LogP contribution < -0.4 is 0 Å². The van der Waals surface area contributed by atoms with E-state index in [0.29, 0.717) is 11.3 Å². The quantitative estimate of drug-likeness (QED) is 0.841. The summed E-state index contributed by atoms with van der Waals surface area (Å²) in [5.41, 5.74) is -0.199. The molecule has 0 aromatic heterocycles. The summed E-state index contributed by atoms with van der Waals surface area (Å²) in [5, 5.41) is 20.5. The molecule has 0 aromatic carbocycles. The predicted octanol–water partition coefficient (Wildman–Crippen LogP) is 3.52. The Morgan fingerprint density at radius 3 is 2.15 bits per heavy atom. The van der Waals surface area contributed by atoms with Crippen molar-refractivity contribution in [2.24, 2.45) is 22.7 Å². The first-order valence-corrected chi connectivity index (χ1v) is 8.06. The van der Waals surface area contributed by atoms with E-state index in [4.69, 9.17) is 4.74 Å². The van der Waals surface area contributed by atoms with Gasteiger partial charge in [-0.3, -0.25) is 0 Å². The van der Waals surface area contributed by atoms with Gasteiger partial charge < -0.3 is 9.84 Å². The minimum absolute atomic E-state index is 0.245. The van der Waals surface area contributed by atoms with Crippen LogP contribution in [0.2, 0.25) is 0 Å². The van der Waals surface area contributed by atoms with Crippen LogP contribution in [0.5, 0.6) is 0 Å². The van der Waals surface area contributed by atoms with E-state index in [-0.39, 0.29) is 5.92 Å². The van der Waals surface area contributed by atoms with Crippen LogP contribution in [0, 0.1) is 34.0 Å². The van der Waals surface area contributed by atoms with Crippen LogP contribution in [0.25, 0.3) is 0 Å². The third kappa shape index (κ3) is 3.18. The van der Waals surface area contributed by atoms with Crippen LogP contribution in [0.4, 0.5) is 0 Å². The average molecular weight is 279 g/mol. The number of hydrogen-bond acceptors (Lipinski definition) is 3.